The molecular weight excluding hydrogens is 463 g/mol. The summed E-state index contributed by atoms with van der Waals surface area (Å²) in [6.45, 7) is 1.76. The molecule has 1 aliphatic rings. The van der Waals surface area contributed by atoms with E-state index in [0.29, 0.717) is 26.2 Å². The first-order valence-corrected chi connectivity index (χ1v) is 11.2. The number of piperazine rings is 1. The molecule has 9 nitrogen and oxygen atoms in total. The molecule has 2 aromatic carbocycles. The quantitative estimate of drug-likeness (QED) is 0.298. The Morgan fingerprint density at radius 2 is 1.61 bits per heavy atom. The molecule has 2 aromatic rings. The SMILES string of the molecule is CN1CCN(S(=O)(=O)c2ccc(ON(C(N)=NC(=O)c3ccccc3)C(F)(F)F)cc2)CC1. The van der Waals surface area contributed by atoms with Gasteiger partial charge in [-0.05, 0) is 43.4 Å². The van der Waals surface area contributed by atoms with Gasteiger partial charge in [0.1, 0.15) is 0 Å². The Labute approximate surface area is 188 Å². The fraction of sp³-hybridized carbons (Fsp3) is 0.300. The number of halogens is 3. The van der Waals surface area contributed by atoms with Gasteiger partial charge in [0.2, 0.25) is 16.0 Å². The number of hydroxylamine groups is 2. The van der Waals surface area contributed by atoms with E-state index in [1.807, 2.05) is 11.9 Å². The maximum atomic E-state index is 13.5. The van der Waals surface area contributed by atoms with Crippen LogP contribution in [0.25, 0.3) is 0 Å². The third-order valence-electron chi connectivity index (χ3n) is 4.80. The lowest BCUT2D eigenvalue weighted by Gasteiger charge is -2.31. The van der Waals surface area contributed by atoms with Crippen LogP contribution in [0.3, 0.4) is 0 Å². The topological polar surface area (TPSA) is 109 Å². The Balaban J connectivity index is 1.77. The molecule has 1 amide bonds. The van der Waals surface area contributed by atoms with E-state index in [-0.39, 0.29) is 16.2 Å². The van der Waals surface area contributed by atoms with Crippen LogP contribution < -0.4 is 10.6 Å². The number of aliphatic imine (C=N–C) groups is 1. The van der Waals surface area contributed by atoms with Gasteiger partial charge in [-0.15, -0.1) is 13.2 Å². The lowest BCUT2D eigenvalue weighted by atomic mass is 10.2. The highest BCUT2D eigenvalue weighted by atomic mass is 32.2. The van der Waals surface area contributed by atoms with E-state index in [2.05, 4.69) is 4.99 Å². The number of guanidine groups is 1. The van der Waals surface area contributed by atoms with Gasteiger partial charge in [0.25, 0.3) is 5.91 Å². The largest absolute Gasteiger partial charge is 0.520 e. The van der Waals surface area contributed by atoms with E-state index in [9.17, 15) is 26.4 Å². The van der Waals surface area contributed by atoms with Gasteiger partial charge in [0.05, 0.1) is 4.90 Å². The number of rotatable bonds is 5. The molecule has 0 spiro atoms. The van der Waals surface area contributed by atoms with Crippen molar-refractivity contribution >= 4 is 21.9 Å². The second-order valence-electron chi connectivity index (χ2n) is 7.17. The molecule has 0 aromatic heterocycles. The van der Waals surface area contributed by atoms with Crippen LogP contribution in [0.5, 0.6) is 5.75 Å². The minimum Gasteiger partial charge on any atom is -0.369 e. The van der Waals surface area contributed by atoms with Crippen LogP contribution in [0.4, 0.5) is 13.2 Å². The molecule has 2 N–H and O–H groups in total. The summed E-state index contributed by atoms with van der Waals surface area (Å²) in [6, 6.07) is 11.8. The third-order valence-corrected chi connectivity index (χ3v) is 6.71. The number of amides is 1. The summed E-state index contributed by atoms with van der Waals surface area (Å²) < 4.78 is 67.2. The zero-order valence-corrected chi connectivity index (χ0v) is 18.4. The first-order valence-electron chi connectivity index (χ1n) is 9.76. The van der Waals surface area contributed by atoms with Crippen LogP contribution in [-0.4, -0.2) is 74.1 Å². The zero-order chi connectivity index (χ0) is 24.2. The number of hydrogen-bond donors (Lipinski definition) is 1. The predicted octanol–water partition coefficient (Wildman–Crippen LogP) is 1.89. The molecular formula is C20H22F3N5O4S. The van der Waals surface area contributed by atoms with E-state index >= 15 is 0 Å². The summed E-state index contributed by atoms with van der Waals surface area (Å²) in [5, 5.41) is -0.669. The van der Waals surface area contributed by atoms with E-state index < -0.39 is 33.3 Å². The number of nitrogens with two attached hydrogens (primary N) is 1. The fourth-order valence-corrected chi connectivity index (χ4v) is 4.40. The van der Waals surface area contributed by atoms with Gasteiger partial charge < -0.3 is 15.5 Å². The number of benzene rings is 2. The van der Waals surface area contributed by atoms with Crippen molar-refractivity contribution in [2.24, 2.45) is 10.7 Å². The summed E-state index contributed by atoms with van der Waals surface area (Å²) in [5.74, 6) is -2.57. The predicted molar refractivity (Wildman–Crippen MR) is 114 cm³/mol. The van der Waals surface area contributed by atoms with E-state index in [1.54, 1.807) is 6.07 Å². The highest BCUT2D eigenvalue weighted by Gasteiger charge is 2.42. The Morgan fingerprint density at radius 3 is 2.15 bits per heavy atom. The molecule has 1 heterocycles. The summed E-state index contributed by atoms with van der Waals surface area (Å²) >= 11 is 0. The zero-order valence-electron chi connectivity index (χ0n) is 17.6. The highest BCUT2D eigenvalue weighted by molar-refractivity contribution is 7.89. The molecule has 0 saturated carbocycles. The van der Waals surface area contributed by atoms with Crippen molar-refractivity contribution in [3.8, 4) is 5.75 Å². The number of carbonyl (C=O) groups excluding carboxylic acids is 1. The van der Waals surface area contributed by atoms with Gasteiger partial charge in [-0.3, -0.25) is 4.79 Å². The molecule has 0 aliphatic carbocycles. The van der Waals surface area contributed by atoms with Gasteiger partial charge in [0.15, 0.2) is 5.75 Å². The Hall–Kier alpha value is -3.16. The highest BCUT2D eigenvalue weighted by Crippen LogP contribution is 2.26. The maximum absolute atomic E-state index is 13.5. The average molecular weight is 485 g/mol. The first kappa shape index (κ1) is 24.5. The number of sulfonamides is 1. The monoisotopic (exact) mass is 485 g/mol. The van der Waals surface area contributed by atoms with Crippen LogP contribution in [0.2, 0.25) is 0 Å². The van der Waals surface area contributed by atoms with Crippen molar-refractivity contribution in [1.29, 1.82) is 0 Å². The summed E-state index contributed by atoms with van der Waals surface area (Å²) in [5.41, 5.74) is 5.44. The molecule has 1 aliphatic heterocycles. The van der Waals surface area contributed by atoms with Gasteiger partial charge in [-0.25, -0.2) is 8.42 Å². The van der Waals surface area contributed by atoms with Gasteiger partial charge in [0, 0.05) is 31.7 Å². The molecule has 1 saturated heterocycles. The summed E-state index contributed by atoms with van der Waals surface area (Å²) in [6.07, 6.45) is -5.13. The van der Waals surface area contributed by atoms with Crippen LogP contribution >= 0.6 is 0 Å². The van der Waals surface area contributed by atoms with E-state index in [4.69, 9.17) is 10.6 Å². The van der Waals surface area contributed by atoms with Gasteiger partial charge in [-0.2, -0.15) is 9.30 Å². The molecule has 0 radical (unpaired) electrons. The Bertz CT molecular complexity index is 1100. The second kappa shape index (κ2) is 9.77. The molecule has 33 heavy (non-hydrogen) atoms. The van der Waals surface area contributed by atoms with Crippen molar-refractivity contribution < 1.29 is 31.2 Å². The molecule has 1 fully saturated rings. The Morgan fingerprint density at radius 1 is 1.03 bits per heavy atom. The van der Waals surface area contributed by atoms with Crippen LogP contribution in [-0.2, 0) is 10.0 Å². The lowest BCUT2D eigenvalue weighted by Crippen LogP contribution is -2.49. The first-order chi connectivity index (χ1) is 15.5. The summed E-state index contributed by atoms with van der Waals surface area (Å²) in [7, 11) is -1.92. The fourth-order valence-electron chi connectivity index (χ4n) is 2.98. The molecule has 0 unspecified atom stereocenters. The van der Waals surface area contributed by atoms with Crippen LogP contribution in [0, 0.1) is 0 Å². The number of alkyl halides is 3. The van der Waals surface area contributed by atoms with Crippen molar-refractivity contribution in [3.05, 3.63) is 60.2 Å². The van der Waals surface area contributed by atoms with Crippen molar-refractivity contribution in [2.45, 2.75) is 11.2 Å². The van der Waals surface area contributed by atoms with Crippen LogP contribution in [0.1, 0.15) is 10.4 Å². The van der Waals surface area contributed by atoms with Crippen molar-refractivity contribution in [2.75, 3.05) is 33.2 Å². The molecule has 0 bridgehead atoms. The molecule has 13 heteroatoms. The van der Waals surface area contributed by atoms with Crippen molar-refractivity contribution in [1.82, 2.24) is 14.3 Å². The number of hydrogen-bond acceptors (Lipinski definition) is 5. The third kappa shape index (κ3) is 6.00. The molecule has 0 atom stereocenters. The minimum atomic E-state index is -5.13. The minimum absolute atomic E-state index is 0.0426. The van der Waals surface area contributed by atoms with E-state index in [0.717, 1.165) is 24.3 Å². The normalized spacial score (nSPS) is 16.4. The number of nitrogens with zero attached hydrogens (tertiary/aromatic N) is 4. The Kier molecular flexibility index (Phi) is 7.25. The standard InChI is InChI=1S/C20H22F3N5O4S/c1-26-11-13-27(14-12-26)33(30,31)17-9-7-16(8-10-17)32-28(20(21,22)23)19(24)25-18(29)15-5-3-2-4-6-15/h2-10H,11-14H2,1H3,(H2,24,25,29). The van der Waals surface area contributed by atoms with Gasteiger partial charge in [-0.1, -0.05) is 23.3 Å². The average Bonchev–Trinajstić information content (AvgIpc) is 2.77. The number of carbonyl (C=O) groups is 1. The van der Waals surface area contributed by atoms with Gasteiger partial charge >= 0.3 is 6.30 Å². The summed E-state index contributed by atoms with van der Waals surface area (Å²) in [4.78, 5) is 22.0. The lowest BCUT2D eigenvalue weighted by molar-refractivity contribution is -0.300. The van der Waals surface area contributed by atoms with Crippen LogP contribution in [0.15, 0.2) is 64.5 Å². The second-order valence-corrected chi connectivity index (χ2v) is 9.11. The molecule has 3 rings (SSSR count). The molecule has 178 valence electrons. The maximum Gasteiger partial charge on any atom is 0.520 e. The van der Waals surface area contributed by atoms with Crippen molar-refractivity contribution in [3.63, 3.8) is 0 Å². The van der Waals surface area contributed by atoms with E-state index in [1.165, 1.54) is 28.6 Å². The smallest absolute Gasteiger partial charge is 0.369 e. The number of likely N-dealkylation sites (N-methyl/N-ethyl adjacent to an activating group) is 1.